The number of nitrogens with two attached hydrogens (primary N) is 1. The number of nitrogen functional groups attached to an aromatic ring is 1. The third-order valence-electron chi connectivity index (χ3n) is 2.39. The quantitative estimate of drug-likeness (QED) is 0.892. The van der Waals surface area contributed by atoms with Gasteiger partial charge in [0.15, 0.2) is 5.82 Å². The summed E-state index contributed by atoms with van der Waals surface area (Å²) in [6.45, 7) is 0. The summed E-state index contributed by atoms with van der Waals surface area (Å²) < 4.78 is 5.00. The molecular weight excluding hydrogens is 266 g/mol. The van der Waals surface area contributed by atoms with Crippen LogP contribution in [0.2, 0.25) is 5.02 Å². The topological polar surface area (TPSA) is 96.9 Å². The van der Waals surface area contributed by atoms with Crippen LogP contribution in [-0.2, 0) is 0 Å². The van der Waals surface area contributed by atoms with Crippen LogP contribution in [0.3, 0.4) is 0 Å². The number of methoxy groups -OCH3 is 1. The molecule has 0 radical (unpaired) electrons. The minimum Gasteiger partial charge on any atom is -0.479 e. The molecule has 1 aromatic carbocycles. The molecule has 0 atom stereocenters. The Hall–Kier alpha value is -2.52. The first kappa shape index (κ1) is 12.9. The van der Waals surface area contributed by atoms with Crippen molar-refractivity contribution in [2.45, 2.75) is 0 Å². The Morgan fingerprint density at radius 2 is 2.21 bits per heavy atom. The van der Waals surface area contributed by atoms with Crippen molar-refractivity contribution in [1.29, 1.82) is 5.26 Å². The smallest absolute Gasteiger partial charge is 0.242 e. The summed E-state index contributed by atoms with van der Waals surface area (Å²) in [7, 11) is 1.47. The predicted octanol–water partition coefficient (Wildman–Crippen LogP) is 2.34. The summed E-state index contributed by atoms with van der Waals surface area (Å²) in [5, 5.41) is 12.1. The van der Waals surface area contributed by atoms with Gasteiger partial charge in [-0.05, 0) is 18.2 Å². The number of halogens is 1. The molecule has 0 aliphatic carbocycles. The molecule has 1 heterocycles. The second-order valence-corrected chi connectivity index (χ2v) is 3.98. The van der Waals surface area contributed by atoms with E-state index in [-0.39, 0.29) is 11.6 Å². The molecule has 0 saturated heterocycles. The van der Waals surface area contributed by atoms with E-state index < -0.39 is 0 Å². The first-order valence-corrected chi connectivity index (χ1v) is 5.64. The predicted molar refractivity (Wildman–Crippen MR) is 72.4 cm³/mol. The first-order chi connectivity index (χ1) is 9.15. The fourth-order valence-electron chi connectivity index (χ4n) is 1.46. The highest BCUT2D eigenvalue weighted by Gasteiger charge is 2.10. The lowest BCUT2D eigenvalue weighted by molar-refractivity contribution is 0.399. The molecular formula is C12H10ClN5O. The average Bonchev–Trinajstić information content (AvgIpc) is 2.43. The zero-order chi connectivity index (χ0) is 13.8. The average molecular weight is 276 g/mol. The summed E-state index contributed by atoms with van der Waals surface area (Å²) in [5.41, 5.74) is 7.19. The van der Waals surface area contributed by atoms with E-state index in [0.29, 0.717) is 22.1 Å². The Bertz CT molecular complexity index is 653. The molecule has 2 aromatic rings. The lowest BCUT2D eigenvalue weighted by Crippen LogP contribution is -2.03. The maximum absolute atomic E-state index is 8.77. The van der Waals surface area contributed by atoms with Gasteiger partial charge in [-0.3, -0.25) is 0 Å². The highest BCUT2D eigenvalue weighted by atomic mass is 35.5. The Morgan fingerprint density at radius 3 is 2.84 bits per heavy atom. The van der Waals surface area contributed by atoms with E-state index in [1.165, 1.54) is 13.4 Å². The van der Waals surface area contributed by atoms with Crippen LogP contribution in [0.25, 0.3) is 0 Å². The Labute approximate surface area is 114 Å². The Balaban J connectivity index is 2.34. The summed E-state index contributed by atoms with van der Waals surface area (Å²) in [5.74, 6) is 0.667. The summed E-state index contributed by atoms with van der Waals surface area (Å²) in [6, 6.07) is 6.88. The molecule has 1 aromatic heterocycles. The maximum atomic E-state index is 8.77. The van der Waals surface area contributed by atoms with Crippen molar-refractivity contribution in [1.82, 2.24) is 9.97 Å². The van der Waals surface area contributed by atoms with Crippen LogP contribution >= 0.6 is 11.6 Å². The molecule has 0 saturated carbocycles. The number of benzene rings is 1. The molecule has 0 spiro atoms. The minimum absolute atomic E-state index is 0.280. The lowest BCUT2D eigenvalue weighted by Gasteiger charge is -2.11. The van der Waals surface area contributed by atoms with Gasteiger partial charge in [0.1, 0.15) is 12.0 Å². The van der Waals surface area contributed by atoms with Gasteiger partial charge in [-0.25, -0.2) is 4.98 Å². The Morgan fingerprint density at radius 1 is 1.42 bits per heavy atom. The largest absolute Gasteiger partial charge is 0.479 e. The zero-order valence-electron chi connectivity index (χ0n) is 10.0. The second kappa shape index (κ2) is 5.42. The summed E-state index contributed by atoms with van der Waals surface area (Å²) >= 11 is 6.05. The van der Waals surface area contributed by atoms with Crippen molar-refractivity contribution in [2.75, 3.05) is 18.2 Å². The zero-order valence-corrected chi connectivity index (χ0v) is 10.8. The van der Waals surface area contributed by atoms with Crippen LogP contribution in [0.4, 0.5) is 17.2 Å². The van der Waals surface area contributed by atoms with Crippen molar-refractivity contribution in [3.63, 3.8) is 0 Å². The number of hydrogen-bond donors (Lipinski definition) is 2. The van der Waals surface area contributed by atoms with Crippen molar-refractivity contribution in [2.24, 2.45) is 0 Å². The third-order valence-corrected chi connectivity index (χ3v) is 2.70. The number of ether oxygens (including phenoxy) is 1. The van der Waals surface area contributed by atoms with E-state index in [2.05, 4.69) is 15.3 Å². The van der Waals surface area contributed by atoms with Crippen LogP contribution in [0.1, 0.15) is 5.56 Å². The molecule has 6 nitrogen and oxygen atoms in total. The summed E-state index contributed by atoms with van der Waals surface area (Å²) in [6.07, 6.45) is 1.33. The van der Waals surface area contributed by atoms with Gasteiger partial charge in [0.25, 0.3) is 0 Å². The number of aromatic nitrogens is 2. The molecule has 3 N–H and O–H groups in total. The third kappa shape index (κ3) is 2.67. The molecule has 2 rings (SSSR count). The number of rotatable bonds is 3. The van der Waals surface area contributed by atoms with Gasteiger partial charge in [0.05, 0.1) is 29.5 Å². The van der Waals surface area contributed by atoms with Gasteiger partial charge >= 0.3 is 0 Å². The fourth-order valence-corrected chi connectivity index (χ4v) is 1.68. The van der Waals surface area contributed by atoms with E-state index in [1.54, 1.807) is 18.2 Å². The number of nitriles is 1. The molecule has 0 fully saturated rings. The molecule has 0 aliphatic heterocycles. The highest BCUT2D eigenvalue weighted by Crippen LogP contribution is 2.30. The minimum atomic E-state index is 0.280. The molecule has 0 unspecified atom stereocenters. The maximum Gasteiger partial charge on any atom is 0.242 e. The number of anilines is 3. The van der Waals surface area contributed by atoms with Gasteiger partial charge < -0.3 is 15.8 Å². The van der Waals surface area contributed by atoms with E-state index in [4.69, 9.17) is 27.3 Å². The van der Waals surface area contributed by atoms with Gasteiger partial charge in [0.2, 0.25) is 5.88 Å². The monoisotopic (exact) mass is 275 g/mol. The van der Waals surface area contributed by atoms with Crippen LogP contribution < -0.4 is 15.8 Å². The van der Waals surface area contributed by atoms with Crippen molar-refractivity contribution >= 4 is 28.8 Å². The van der Waals surface area contributed by atoms with Crippen molar-refractivity contribution < 1.29 is 4.74 Å². The first-order valence-electron chi connectivity index (χ1n) is 5.27. The molecule has 7 heteroatoms. The molecule has 0 aliphatic rings. The second-order valence-electron chi connectivity index (χ2n) is 3.58. The number of nitrogens with one attached hydrogen (secondary N) is 1. The molecule has 96 valence electrons. The van der Waals surface area contributed by atoms with E-state index >= 15 is 0 Å². The highest BCUT2D eigenvalue weighted by molar-refractivity contribution is 6.33. The van der Waals surface area contributed by atoms with Crippen molar-refractivity contribution in [3.8, 4) is 11.9 Å². The van der Waals surface area contributed by atoms with Crippen LogP contribution in [-0.4, -0.2) is 17.1 Å². The van der Waals surface area contributed by atoms with Crippen molar-refractivity contribution in [3.05, 3.63) is 35.1 Å². The van der Waals surface area contributed by atoms with Crippen LogP contribution in [0.5, 0.6) is 5.88 Å². The van der Waals surface area contributed by atoms with Gasteiger partial charge in [-0.2, -0.15) is 10.2 Å². The van der Waals surface area contributed by atoms with Gasteiger partial charge in [-0.15, -0.1) is 0 Å². The number of nitrogens with zero attached hydrogens (tertiary/aromatic N) is 3. The van der Waals surface area contributed by atoms with Crippen LogP contribution in [0.15, 0.2) is 24.5 Å². The summed E-state index contributed by atoms with van der Waals surface area (Å²) in [4.78, 5) is 7.89. The number of hydrogen-bond acceptors (Lipinski definition) is 6. The normalized spacial score (nSPS) is 9.74. The van der Waals surface area contributed by atoms with Crippen LogP contribution in [0, 0.1) is 11.3 Å². The lowest BCUT2D eigenvalue weighted by atomic mass is 10.2. The van der Waals surface area contributed by atoms with E-state index in [1.807, 2.05) is 6.07 Å². The van der Waals surface area contributed by atoms with Gasteiger partial charge in [0, 0.05) is 0 Å². The molecule has 0 amide bonds. The standard InChI is InChI=1S/C12H10ClN5O/c1-19-12-10(15)11(16-6-17-12)18-9-3-2-7(5-14)4-8(9)13/h2-4,6H,15H2,1H3,(H,16,17,18). The Kier molecular flexibility index (Phi) is 3.68. The molecule has 19 heavy (non-hydrogen) atoms. The molecule has 0 bridgehead atoms. The van der Waals surface area contributed by atoms with Gasteiger partial charge in [-0.1, -0.05) is 11.6 Å². The van der Waals surface area contributed by atoms with E-state index in [9.17, 15) is 0 Å². The van der Waals surface area contributed by atoms with E-state index in [0.717, 1.165) is 0 Å². The fraction of sp³-hybridized carbons (Fsp3) is 0.0833. The SMILES string of the molecule is COc1ncnc(Nc2ccc(C#N)cc2Cl)c1N.